The third kappa shape index (κ3) is 1.40. The Labute approximate surface area is 87.5 Å². The Kier molecular flexibility index (Phi) is 2.05. The lowest BCUT2D eigenvalue weighted by Gasteiger charge is -2.00. The van der Waals surface area contributed by atoms with E-state index in [1.54, 1.807) is 6.07 Å². The molecule has 15 heavy (non-hydrogen) atoms. The minimum Gasteiger partial charge on any atom is -0.274 e. The van der Waals surface area contributed by atoms with Crippen molar-refractivity contribution >= 4 is 16.8 Å². The lowest BCUT2D eigenvalue weighted by atomic mass is 10.2. The van der Waals surface area contributed by atoms with E-state index in [-0.39, 0.29) is 5.91 Å². The van der Waals surface area contributed by atoms with Crippen LogP contribution in [-0.4, -0.2) is 10.5 Å². The van der Waals surface area contributed by atoms with Crippen LogP contribution in [0.4, 0.5) is 0 Å². The summed E-state index contributed by atoms with van der Waals surface area (Å²) >= 11 is 0. The summed E-state index contributed by atoms with van der Waals surface area (Å²) < 4.78 is 1.44. The molecule has 0 atom stereocenters. The third-order valence-electron chi connectivity index (χ3n) is 2.39. The number of carbonyl (C=O) groups is 1. The molecule has 2 aromatic rings. The molecule has 0 spiro atoms. The molecule has 3 nitrogen and oxygen atoms in total. The van der Waals surface area contributed by atoms with Crippen molar-refractivity contribution in [3.8, 4) is 6.07 Å². The highest BCUT2D eigenvalue weighted by Crippen LogP contribution is 2.20. The van der Waals surface area contributed by atoms with Crippen LogP contribution in [0.5, 0.6) is 0 Å². The zero-order chi connectivity index (χ0) is 11.0. The monoisotopic (exact) mass is 198 g/mol. The fourth-order valence-corrected chi connectivity index (χ4v) is 1.76. The molecular weight excluding hydrogens is 188 g/mol. The molecule has 0 aliphatic rings. The van der Waals surface area contributed by atoms with E-state index in [9.17, 15) is 4.79 Å². The largest absolute Gasteiger partial charge is 0.274 e. The van der Waals surface area contributed by atoms with Crippen molar-refractivity contribution in [2.24, 2.45) is 0 Å². The SMILES string of the molecule is CC(=O)n1c(C#N)cc2cc(C)ccc21. The van der Waals surface area contributed by atoms with Crippen molar-refractivity contribution in [1.29, 1.82) is 5.26 Å². The van der Waals surface area contributed by atoms with Gasteiger partial charge in [0, 0.05) is 12.3 Å². The van der Waals surface area contributed by atoms with Crippen molar-refractivity contribution in [2.75, 3.05) is 0 Å². The highest BCUT2D eigenvalue weighted by Gasteiger charge is 2.11. The Morgan fingerprint density at radius 3 is 2.73 bits per heavy atom. The number of nitriles is 1. The van der Waals surface area contributed by atoms with E-state index >= 15 is 0 Å². The zero-order valence-electron chi connectivity index (χ0n) is 8.61. The van der Waals surface area contributed by atoms with Crippen molar-refractivity contribution < 1.29 is 4.79 Å². The van der Waals surface area contributed by atoms with E-state index in [0.717, 1.165) is 16.5 Å². The maximum atomic E-state index is 11.4. The second-order valence-electron chi connectivity index (χ2n) is 3.56. The first-order valence-electron chi connectivity index (χ1n) is 4.66. The van der Waals surface area contributed by atoms with Crippen LogP contribution in [0.2, 0.25) is 0 Å². The molecule has 0 bridgehead atoms. The molecule has 0 aliphatic carbocycles. The molecule has 0 amide bonds. The fourth-order valence-electron chi connectivity index (χ4n) is 1.76. The van der Waals surface area contributed by atoms with Gasteiger partial charge < -0.3 is 0 Å². The minimum absolute atomic E-state index is 0.134. The highest BCUT2D eigenvalue weighted by atomic mass is 16.1. The van der Waals surface area contributed by atoms with E-state index in [4.69, 9.17) is 5.26 Å². The van der Waals surface area contributed by atoms with Gasteiger partial charge in [0.2, 0.25) is 5.91 Å². The summed E-state index contributed by atoms with van der Waals surface area (Å²) in [7, 11) is 0. The van der Waals surface area contributed by atoms with Crippen LogP contribution >= 0.6 is 0 Å². The Bertz CT molecular complexity index is 587. The van der Waals surface area contributed by atoms with Crippen LogP contribution in [0.25, 0.3) is 10.9 Å². The number of nitrogens with zero attached hydrogens (tertiary/aromatic N) is 2. The molecule has 0 N–H and O–H groups in total. The standard InChI is InChI=1S/C12H10N2O/c1-8-3-4-12-10(5-8)6-11(7-13)14(12)9(2)15/h3-6H,1-2H3. The quantitative estimate of drug-likeness (QED) is 0.652. The lowest BCUT2D eigenvalue weighted by molar-refractivity contribution is 0.0941. The molecule has 74 valence electrons. The maximum absolute atomic E-state index is 11.4. The number of hydrogen-bond acceptors (Lipinski definition) is 2. The normalized spacial score (nSPS) is 10.2. The fraction of sp³-hybridized carbons (Fsp3) is 0.167. The topological polar surface area (TPSA) is 45.8 Å². The van der Waals surface area contributed by atoms with Crippen LogP contribution in [0.3, 0.4) is 0 Å². The molecular formula is C12H10N2O. The average molecular weight is 198 g/mol. The molecule has 0 saturated heterocycles. The van der Waals surface area contributed by atoms with Gasteiger partial charge in [0.15, 0.2) is 0 Å². The molecule has 2 rings (SSSR count). The molecule has 1 aromatic heterocycles. The van der Waals surface area contributed by atoms with Gasteiger partial charge in [0.1, 0.15) is 11.8 Å². The molecule has 1 heterocycles. The molecule has 0 radical (unpaired) electrons. The van der Waals surface area contributed by atoms with Crippen LogP contribution < -0.4 is 0 Å². The summed E-state index contributed by atoms with van der Waals surface area (Å²) in [4.78, 5) is 11.4. The Morgan fingerprint density at radius 1 is 1.40 bits per heavy atom. The van der Waals surface area contributed by atoms with E-state index in [1.807, 2.05) is 31.2 Å². The number of aryl methyl sites for hydroxylation is 1. The van der Waals surface area contributed by atoms with E-state index in [1.165, 1.54) is 11.5 Å². The van der Waals surface area contributed by atoms with Crippen LogP contribution in [-0.2, 0) is 0 Å². The van der Waals surface area contributed by atoms with Gasteiger partial charge in [-0.15, -0.1) is 0 Å². The van der Waals surface area contributed by atoms with Crippen molar-refractivity contribution in [3.63, 3.8) is 0 Å². The first-order valence-corrected chi connectivity index (χ1v) is 4.66. The van der Waals surface area contributed by atoms with E-state index < -0.39 is 0 Å². The van der Waals surface area contributed by atoms with Gasteiger partial charge in [-0.25, -0.2) is 0 Å². The minimum atomic E-state index is -0.134. The number of benzene rings is 1. The summed E-state index contributed by atoms with van der Waals surface area (Å²) in [6.07, 6.45) is 0. The van der Waals surface area contributed by atoms with Gasteiger partial charge in [-0.3, -0.25) is 9.36 Å². The molecule has 0 aliphatic heterocycles. The summed E-state index contributed by atoms with van der Waals surface area (Å²) in [5, 5.41) is 9.85. The van der Waals surface area contributed by atoms with E-state index in [0.29, 0.717) is 5.69 Å². The molecule has 0 fully saturated rings. The Balaban J connectivity index is 2.88. The van der Waals surface area contributed by atoms with Crippen LogP contribution in [0, 0.1) is 18.3 Å². The predicted octanol–water partition coefficient (Wildman–Crippen LogP) is 2.48. The van der Waals surface area contributed by atoms with Crippen LogP contribution in [0.1, 0.15) is 23.0 Å². The van der Waals surface area contributed by atoms with Gasteiger partial charge in [-0.1, -0.05) is 11.6 Å². The number of fused-ring (bicyclic) bond motifs is 1. The summed E-state index contributed by atoms with van der Waals surface area (Å²) in [5.74, 6) is -0.134. The van der Waals surface area contributed by atoms with Crippen molar-refractivity contribution in [2.45, 2.75) is 13.8 Å². The maximum Gasteiger partial charge on any atom is 0.229 e. The average Bonchev–Trinajstić information content (AvgIpc) is 2.54. The van der Waals surface area contributed by atoms with Crippen molar-refractivity contribution in [1.82, 2.24) is 4.57 Å². The number of carbonyl (C=O) groups excluding carboxylic acids is 1. The van der Waals surface area contributed by atoms with Gasteiger partial charge >= 0.3 is 0 Å². The Hall–Kier alpha value is -2.08. The molecule has 1 aromatic carbocycles. The molecule has 0 unspecified atom stereocenters. The highest BCUT2D eigenvalue weighted by molar-refractivity contribution is 5.93. The van der Waals surface area contributed by atoms with Crippen molar-refractivity contribution in [3.05, 3.63) is 35.5 Å². The van der Waals surface area contributed by atoms with Gasteiger partial charge in [0.05, 0.1) is 5.52 Å². The number of aromatic nitrogens is 1. The second-order valence-corrected chi connectivity index (χ2v) is 3.56. The molecule has 0 saturated carbocycles. The van der Waals surface area contributed by atoms with Gasteiger partial charge in [-0.05, 0) is 25.1 Å². The summed E-state index contributed by atoms with van der Waals surface area (Å²) in [6, 6.07) is 9.54. The van der Waals surface area contributed by atoms with Gasteiger partial charge in [0.25, 0.3) is 0 Å². The van der Waals surface area contributed by atoms with E-state index in [2.05, 4.69) is 0 Å². The summed E-state index contributed by atoms with van der Waals surface area (Å²) in [5.41, 5.74) is 2.31. The number of rotatable bonds is 0. The Morgan fingerprint density at radius 2 is 2.13 bits per heavy atom. The second kappa shape index (κ2) is 3.25. The smallest absolute Gasteiger partial charge is 0.229 e. The molecule has 3 heteroatoms. The third-order valence-corrected chi connectivity index (χ3v) is 2.39. The summed E-state index contributed by atoms with van der Waals surface area (Å²) in [6.45, 7) is 3.44. The zero-order valence-corrected chi connectivity index (χ0v) is 8.61. The predicted molar refractivity (Wildman–Crippen MR) is 57.7 cm³/mol. The van der Waals surface area contributed by atoms with Gasteiger partial charge in [-0.2, -0.15) is 5.26 Å². The number of hydrogen-bond donors (Lipinski definition) is 0. The first-order chi connectivity index (χ1) is 7.13. The van der Waals surface area contributed by atoms with Crippen LogP contribution in [0.15, 0.2) is 24.3 Å². The first kappa shape index (κ1) is 9.47. The lowest BCUT2D eigenvalue weighted by Crippen LogP contribution is -2.07.